The van der Waals surface area contributed by atoms with E-state index in [0.29, 0.717) is 24.4 Å². The molecule has 1 saturated heterocycles. The highest BCUT2D eigenvalue weighted by atomic mass is 32.2. The van der Waals surface area contributed by atoms with Crippen LogP contribution in [0.25, 0.3) is 0 Å². The number of rotatable bonds is 13. The summed E-state index contributed by atoms with van der Waals surface area (Å²) in [5, 5.41) is 27.0. The largest absolute Gasteiger partial charge is 0.543 e. The predicted molar refractivity (Wildman–Crippen MR) is 153 cm³/mol. The monoisotopic (exact) mass is 636 g/mol. The normalized spacial score (nSPS) is 18.7. The van der Waals surface area contributed by atoms with Gasteiger partial charge in [-0.2, -0.15) is 9.36 Å². The van der Waals surface area contributed by atoms with E-state index in [9.17, 15) is 29.4 Å². The van der Waals surface area contributed by atoms with Gasteiger partial charge in [-0.3, -0.25) is 14.5 Å². The van der Waals surface area contributed by atoms with Crippen LogP contribution in [0.15, 0.2) is 22.6 Å². The van der Waals surface area contributed by atoms with E-state index >= 15 is 0 Å². The molecule has 2 aromatic heterocycles. The van der Waals surface area contributed by atoms with E-state index in [2.05, 4.69) is 19.8 Å². The van der Waals surface area contributed by atoms with Crippen molar-refractivity contribution in [3.05, 3.63) is 28.9 Å². The molecule has 0 unspecified atom stereocenters. The molecule has 0 radical (unpaired) electrons. The van der Waals surface area contributed by atoms with Crippen LogP contribution < -0.4 is 32.3 Å². The number of thioether (sulfide) groups is 1. The Bertz CT molecular complexity index is 1520. The lowest BCUT2D eigenvalue weighted by Gasteiger charge is -2.50. The topological polar surface area (TPSA) is 261 Å². The summed E-state index contributed by atoms with van der Waals surface area (Å²) in [4.78, 5) is 60.2. The van der Waals surface area contributed by atoms with Crippen LogP contribution in [0.4, 0.5) is 10.9 Å². The number of carboxylic acids is 2. The molecule has 4 heterocycles. The molecule has 2 aliphatic rings. The van der Waals surface area contributed by atoms with Crippen molar-refractivity contribution in [1.82, 2.24) is 24.3 Å². The van der Waals surface area contributed by atoms with E-state index in [0.717, 1.165) is 34.8 Å². The van der Waals surface area contributed by atoms with E-state index in [-0.39, 0.29) is 29.0 Å². The maximum atomic E-state index is 13.2. The summed E-state index contributed by atoms with van der Waals surface area (Å²) in [7, 11) is 1.76. The Morgan fingerprint density at radius 1 is 1.33 bits per heavy atom. The minimum atomic E-state index is -1.80. The van der Waals surface area contributed by atoms with Gasteiger partial charge in [0.15, 0.2) is 17.5 Å². The zero-order chi connectivity index (χ0) is 31.6. The molecule has 8 N–H and O–H groups in total. The van der Waals surface area contributed by atoms with E-state index in [1.54, 1.807) is 16.4 Å². The van der Waals surface area contributed by atoms with Crippen molar-refractivity contribution in [3.8, 4) is 0 Å². The first-order valence-corrected chi connectivity index (χ1v) is 14.9. The first kappa shape index (κ1) is 31.7. The fourth-order valence-corrected chi connectivity index (χ4v) is 6.17. The Kier molecular flexibility index (Phi) is 9.26. The smallest absolute Gasteiger partial charge is 0.350 e. The van der Waals surface area contributed by atoms with Crippen molar-refractivity contribution in [2.45, 2.75) is 56.7 Å². The molecule has 2 atom stereocenters. The molecule has 0 bridgehead atoms. The number of carboxylic acid groups (broad SMARTS) is 2. The highest BCUT2D eigenvalue weighted by molar-refractivity contribution is 8.00. The zero-order valence-electron chi connectivity index (χ0n) is 23.6. The number of carbonyl (C=O) groups excluding carboxylic acids is 3. The third-order valence-electron chi connectivity index (χ3n) is 6.90. The average Bonchev–Trinajstić information content (AvgIpc) is 3.49. The highest BCUT2D eigenvalue weighted by Gasteiger charge is 2.53. The molecule has 0 aliphatic carbocycles. The van der Waals surface area contributed by atoms with Gasteiger partial charge < -0.3 is 42.4 Å². The minimum Gasteiger partial charge on any atom is -0.543 e. The van der Waals surface area contributed by atoms with Crippen LogP contribution in [0.1, 0.15) is 38.1 Å². The van der Waals surface area contributed by atoms with Crippen LogP contribution >= 0.6 is 23.3 Å². The summed E-state index contributed by atoms with van der Waals surface area (Å²) in [5.74, 6) is -3.97. The number of anilines is 2. The second-order valence-electron chi connectivity index (χ2n) is 10.3. The molecule has 0 saturated carbocycles. The maximum Gasteiger partial charge on any atom is 0.350 e. The first-order chi connectivity index (χ1) is 20.3. The number of nitrogens with two attached hydrogens (primary N) is 3. The molecule has 232 valence electrons. The summed E-state index contributed by atoms with van der Waals surface area (Å²) in [6.45, 7) is 3.16. The van der Waals surface area contributed by atoms with Crippen molar-refractivity contribution in [2.24, 2.45) is 17.9 Å². The molecule has 43 heavy (non-hydrogen) atoms. The Morgan fingerprint density at radius 2 is 2.05 bits per heavy atom. The number of nitrogen functional groups attached to an aromatic ring is 2. The minimum absolute atomic E-state index is 0.0125. The van der Waals surface area contributed by atoms with E-state index in [1.165, 1.54) is 25.6 Å². The van der Waals surface area contributed by atoms with Crippen LogP contribution in [0, 0.1) is 0 Å². The predicted octanol–water partition coefficient (Wildman–Crippen LogP) is -2.70. The molecule has 4 rings (SSSR count). The molecule has 19 heteroatoms. The molecule has 0 spiro atoms. The van der Waals surface area contributed by atoms with Crippen molar-refractivity contribution in [3.63, 3.8) is 0 Å². The van der Waals surface area contributed by atoms with Gasteiger partial charge in [-0.05, 0) is 39.7 Å². The third kappa shape index (κ3) is 6.42. The number of oxime groups is 1. The number of carbonyl (C=O) groups is 4. The molecule has 2 aliphatic heterocycles. The van der Waals surface area contributed by atoms with Crippen LogP contribution in [-0.2, 0) is 44.0 Å². The van der Waals surface area contributed by atoms with Gasteiger partial charge in [0.05, 0.1) is 24.3 Å². The number of nitrogens with zero attached hydrogens (tertiary/aromatic N) is 6. The van der Waals surface area contributed by atoms with Crippen LogP contribution in [0.5, 0.6) is 0 Å². The summed E-state index contributed by atoms with van der Waals surface area (Å²) in [6.07, 6.45) is 4.26. The standard InChI is InChI=1S/C24H32N10O7S2/c1-24(2,22(39)40)41-30-13(17-29-23(27)43-31-17)18(35)28-14-19(36)34-15(21(37)38)12(10-42-20(14)34)9-33-8-11(6-4-5-7-25)16(26)32(33)3/h8,14,20,26H,4-7,9-10,25H2,1-3H3,(H5,27,28,29,31,35,37,38,39,40)/b30-13-/t14-,20-/m1/s1. The number of hydrogen-bond acceptors (Lipinski definition) is 14. The van der Waals surface area contributed by atoms with Gasteiger partial charge in [-0.15, -0.1) is 21.1 Å². The molecule has 1 fully saturated rings. The fraction of sp³-hybridized carbons (Fsp3) is 0.500. The average molecular weight is 637 g/mol. The first-order valence-electron chi connectivity index (χ1n) is 13.1. The maximum absolute atomic E-state index is 13.2. The van der Waals surface area contributed by atoms with Crippen molar-refractivity contribution >= 4 is 63.7 Å². The SMILES string of the molecule is Cn1c(N)c(CCCCN)c[n+]1CC1=C(C(=O)[O-])N2C(=O)[C@@H](NC(=O)/C(=N\OC(C)(C)C(=O)O)c3nsc(N)n3)[C@H]2SC1. The fourth-order valence-electron chi connectivity index (χ4n) is 4.40. The van der Waals surface area contributed by atoms with E-state index < -0.39 is 46.5 Å². The summed E-state index contributed by atoms with van der Waals surface area (Å²) >= 11 is 2.03. The van der Waals surface area contributed by atoms with E-state index in [1.807, 2.05) is 6.20 Å². The molecule has 2 aromatic rings. The number of aromatic nitrogens is 4. The zero-order valence-corrected chi connectivity index (χ0v) is 25.2. The number of unbranched alkanes of at least 4 members (excludes halogenated alkanes) is 1. The van der Waals surface area contributed by atoms with Gasteiger partial charge in [0, 0.05) is 22.9 Å². The Labute approximate surface area is 253 Å². The van der Waals surface area contributed by atoms with Gasteiger partial charge in [-0.25, -0.2) is 4.79 Å². The number of aliphatic carboxylic acids is 2. The number of nitrogens with one attached hydrogen (secondary N) is 1. The Hall–Kier alpha value is -4.23. The number of β-lactam (4-membered cyclic amide) rings is 1. The molecular weight excluding hydrogens is 604 g/mol. The summed E-state index contributed by atoms with van der Waals surface area (Å²) < 4.78 is 7.41. The number of amides is 2. The Morgan fingerprint density at radius 3 is 2.65 bits per heavy atom. The van der Waals surface area contributed by atoms with Crippen LogP contribution in [-0.4, -0.2) is 82.8 Å². The van der Waals surface area contributed by atoms with Gasteiger partial charge in [-0.1, -0.05) is 5.16 Å². The number of aryl methyl sites for hydroxylation is 1. The van der Waals surface area contributed by atoms with Gasteiger partial charge in [0.1, 0.15) is 11.4 Å². The van der Waals surface area contributed by atoms with Gasteiger partial charge in [0.25, 0.3) is 11.8 Å². The Balaban J connectivity index is 1.54. The second kappa shape index (κ2) is 12.6. The summed E-state index contributed by atoms with van der Waals surface area (Å²) in [6, 6.07) is -1.13. The molecule has 17 nitrogen and oxygen atoms in total. The van der Waals surface area contributed by atoms with Crippen molar-refractivity contribution in [2.75, 3.05) is 23.8 Å². The van der Waals surface area contributed by atoms with Crippen LogP contribution in [0.3, 0.4) is 0 Å². The highest BCUT2D eigenvalue weighted by Crippen LogP contribution is 2.40. The second-order valence-corrected chi connectivity index (χ2v) is 12.2. The van der Waals surface area contributed by atoms with Crippen molar-refractivity contribution in [1.29, 1.82) is 0 Å². The summed E-state index contributed by atoms with van der Waals surface area (Å²) in [5.41, 5.74) is 16.2. The van der Waals surface area contributed by atoms with Gasteiger partial charge >= 0.3 is 5.97 Å². The number of fused-ring (bicyclic) bond motifs is 1. The number of hydrogen-bond donors (Lipinski definition) is 5. The molecular formula is C24H32N10O7S2. The van der Waals surface area contributed by atoms with E-state index in [4.69, 9.17) is 22.0 Å². The molecule has 0 aromatic carbocycles. The third-order valence-corrected chi connectivity index (χ3v) is 8.78. The lowest BCUT2D eigenvalue weighted by Crippen LogP contribution is -2.71. The molecule has 2 amide bonds. The van der Waals surface area contributed by atoms with Gasteiger partial charge in [0.2, 0.25) is 23.3 Å². The van der Waals surface area contributed by atoms with Crippen molar-refractivity contribution < 1.29 is 38.9 Å². The van der Waals surface area contributed by atoms with Crippen LogP contribution in [0.2, 0.25) is 0 Å². The lowest BCUT2D eigenvalue weighted by molar-refractivity contribution is -0.765. The quantitative estimate of drug-likeness (QED) is 0.0493. The lowest BCUT2D eigenvalue weighted by atomic mass is 10.0.